The van der Waals surface area contributed by atoms with Crippen LogP contribution in [0, 0.1) is 5.92 Å². The maximum Gasteiger partial charge on any atom is 0.269 e. The lowest BCUT2D eigenvalue weighted by Crippen LogP contribution is -2.41. The zero-order valence-electron chi connectivity index (χ0n) is 9.49. The summed E-state index contributed by atoms with van der Waals surface area (Å²) in [6.45, 7) is 3.89. The summed E-state index contributed by atoms with van der Waals surface area (Å²) in [6, 6.07) is 8.73. The molecule has 0 aliphatic carbocycles. The molecule has 0 heterocycles. The highest BCUT2D eigenvalue weighted by molar-refractivity contribution is 5.95. The molecular weight excluding hydrogens is 204 g/mol. The summed E-state index contributed by atoms with van der Waals surface area (Å²) in [5.41, 5.74) is 5.26. The zero-order valence-corrected chi connectivity index (χ0v) is 9.49. The molecule has 4 nitrogen and oxygen atoms in total. The zero-order chi connectivity index (χ0) is 12.0. The maximum absolute atomic E-state index is 11.5. The molecule has 0 unspecified atom stereocenters. The maximum atomic E-state index is 11.5. The van der Waals surface area contributed by atoms with Crippen LogP contribution in [0.15, 0.2) is 30.3 Å². The highest BCUT2D eigenvalue weighted by Crippen LogP contribution is 1.98. The van der Waals surface area contributed by atoms with Crippen LogP contribution in [0.5, 0.6) is 0 Å². The van der Waals surface area contributed by atoms with E-state index in [-0.39, 0.29) is 17.7 Å². The summed E-state index contributed by atoms with van der Waals surface area (Å²) in [7, 11) is 0. The van der Waals surface area contributed by atoms with Crippen molar-refractivity contribution >= 4 is 11.8 Å². The Labute approximate surface area is 95.0 Å². The second-order valence-electron chi connectivity index (χ2n) is 3.97. The van der Waals surface area contributed by atoms with Crippen LogP contribution in [0.3, 0.4) is 0 Å². The number of hydrazine groups is 1. The van der Waals surface area contributed by atoms with Gasteiger partial charge in [-0.1, -0.05) is 32.0 Å². The van der Waals surface area contributed by atoms with Crippen LogP contribution in [0.2, 0.25) is 0 Å². The number of carbonyl (C=O) groups is 2. The van der Waals surface area contributed by atoms with Crippen molar-refractivity contribution in [1.82, 2.24) is 10.9 Å². The number of hydrogen-bond donors (Lipinski definition) is 2. The first-order valence-corrected chi connectivity index (χ1v) is 5.24. The van der Waals surface area contributed by atoms with Crippen LogP contribution in [-0.2, 0) is 4.79 Å². The van der Waals surface area contributed by atoms with Gasteiger partial charge in [0.1, 0.15) is 0 Å². The minimum Gasteiger partial charge on any atom is -0.273 e. The normalized spacial score (nSPS) is 9.94. The van der Waals surface area contributed by atoms with E-state index < -0.39 is 0 Å². The van der Waals surface area contributed by atoms with Gasteiger partial charge in [0.2, 0.25) is 5.91 Å². The van der Waals surface area contributed by atoms with Gasteiger partial charge < -0.3 is 0 Å². The summed E-state index contributed by atoms with van der Waals surface area (Å²) in [5.74, 6) is -0.217. The standard InChI is InChI=1S/C12H16N2O2/c1-9(2)8-11(15)13-14-12(16)10-6-4-3-5-7-10/h3-7,9H,8H2,1-2H3,(H,13,15)(H,14,16). The molecule has 2 N–H and O–H groups in total. The molecule has 0 atom stereocenters. The molecule has 0 saturated heterocycles. The molecule has 1 aromatic rings. The molecule has 0 aliphatic rings. The van der Waals surface area contributed by atoms with Crippen molar-refractivity contribution in [3.8, 4) is 0 Å². The Morgan fingerprint density at radius 2 is 1.75 bits per heavy atom. The number of nitrogens with one attached hydrogen (secondary N) is 2. The number of hydrogen-bond acceptors (Lipinski definition) is 2. The van der Waals surface area contributed by atoms with Gasteiger partial charge >= 0.3 is 0 Å². The summed E-state index contributed by atoms with van der Waals surface area (Å²) < 4.78 is 0. The highest BCUT2D eigenvalue weighted by atomic mass is 16.2. The Balaban J connectivity index is 2.39. The highest BCUT2D eigenvalue weighted by Gasteiger charge is 2.07. The molecule has 2 amide bonds. The molecular formula is C12H16N2O2. The van der Waals surface area contributed by atoms with Crippen molar-refractivity contribution in [3.05, 3.63) is 35.9 Å². The predicted molar refractivity (Wildman–Crippen MR) is 61.5 cm³/mol. The topological polar surface area (TPSA) is 58.2 Å². The number of carbonyl (C=O) groups excluding carboxylic acids is 2. The molecule has 0 aliphatic heterocycles. The minimum atomic E-state index is -0.308. The van der Waals surface area contributed by atoms with Gasteiger partial charge in [-0.25, -0.2) is 0 Å². The third-order valence-corrected chi connectivity index (χ3v) is 1.95. The number of amides is 2. The Bertz CT molecular complexity index is 361. The molecule has 4 heteroatoms. The van der Waals surface area contributed by atoms with Crippen molar-refractivity contribution in [2.75, 3.05) is 0 Å². The molecule has 0 radical (unpaired) electrons. The summed E-state index contributed by atoms with van der Waals surface area (Å²) in [5, 5.41) is 0. The van der Waals surface area contributed by atoms with Crippen molar-refractivity contribution in [2.24, 2.45) is 5.92 Å². The van der Waals surface area contributed by atoms with E-state index >= 15 is 0 Å². The van der Waals surface area contributed by atoms with E-state index in [1.807, 2.05) is 19.9 Å². The molecule has 1 aromatic carbocycles. The van der Waals surface area contributed by atoms with E-state index in [9.17, 15) is 9.59 Å². The second kappa shape index (κ2) is 5.90. The number of rotatable bonds is 3. The first-order valence-electron chi connectivity index (χ1n) is 5.24. The van der Waals surface area contributed by atoms with Crippen molar-refractivity contribution in [3.63, 3.8) is 0 Å². The second-order valence-corrected chi connectivity index (χ2v) is 3.97. The largest absolute Gasteiger partial charge is 0.273 e. The Morgan fingerprint density at radius 1 is 1.12 bits per heavy atom. The first-order chi connectivity index (χ1) is 7.59. The average molecular weight is 220 g/mol. The van der Waals surface area contributed by atoms with E-state index in [1.54, 1.807) is 24.3 Å². The lowest BCUT2D eigenvalue weighted by Gasteiger charge is -2.08. The van der Waals surface area contributed by atoms with E-state index in [2.05, 4.69) is 10.9 Å². The quantitative estimate of drug-likeness (QED) is 0.758. The SMILES string of the molecule is CC(C)CC(=O)NNC(=O)c1ccccc1. The van der Waals surface area contributed by atoms with Gasteiger partial charge in [-0.05, 0) is 18.1 Å². The molecule has 0 saturated carbocycles. The van der Waals surface area contributed by atoms with Crippen LogP contribution in [0.4, 0.5) is 0 Å². The van der Waals surface area contributed by atoms with E-state index in [0.29, 0.717) is 12.0 Å². The van der Waals surface area contributed by atoms with Crippen molar-refractivity contribution < 1.29 is 9.59 Å². The monoisotopic (exact) mass is 220 g/mol. The van der Waals surface area contributed by atoms with Gasteiger partial charge in [-0.3, -0.25) is 20.4 Å². The van der Waals surface area contributed by atoms with Crippen molar-refractivity contribution in [2.45, 2.75) is 20.3 Å². The fourth-order valence-corrected chi connectivity index (χ4v) is 1.21. The summed E-state index contributed by atoms with van der Waals surface area (Å²) in [4.78, 5) is 22.8. The third kappa shape index (κ3) is 4.13. The Hall–Kier alpha value is -1.84. The molecule has 0 bridgehead atoms. The van der Waals surface area contributed by atoms with Crippen molar-refractivity contribution in [1.29, 1.82) is 0 Å². The van der Waals surface area contributed by atoms with Gasteiger partial charge in [0.15, 0.2) is 0 Å². The third-order valence-electron chi connectivity index (χ3n) is 1.95. The van der Waals surface area contributed by atoms with Gasteiger partial charge in [-0.15, -0.1) is 0 Å². The van der Waals surface area contributed by atoms with E-state index in [0.717, 1.165) is 0 Å². The van der Waals surface area contributed by atoms with Crippen LogP contribution in [0.1, 0.15) is 30.6 Å². The fourth-order valence-electron chi connectivity index (χ4n) is 1.21. The molecule has 86 valence electrons. The Kier molecular flexibility index (Phi) is 4.51. The van der Waals surface area contributed by atoms with Gasteiger partial charge in [0, 0.05) is 12.0 Å². The molecule has 0 spiro atoms. The van der Waals surface area contributed by atoms with E-state index in [4.69, 9.17) is 0 Å². The van der Waals surface area contributed by atoms with Crippen LogP contribution in [-0.4, -0.2) is 11.8 Å². The van der Waals surface area contributed by atoms with Gasteiger partial charge in [0.05, 0.1) is 0 Å². The molecule has 0 aromatic heterocycles. The fraction of sp³-hybridized carbons (Fsp3) is 0.333. The first kappa shape index (κ1) is 12.2. The minimum absolute atomic E-state index is 0.181. The summed E-state index contributed by atoms with van der Waals surface area (Å²) >= 11 is 0. The van der Waals surface area contributed by atoms with Crippen LogP contribution >= 0.6 is 0 Å². The molecule has 0 fully saturated rings. The number of benzene rings is 1. The average Bonchev–Trinajstić information content (AvgIpc) is 2.26. The predicted octanol–water partition coefficient (Wildman–Crippen LogP) is 1.49. The van der Waals surface area contributed by atoms with Gasteiger partial charge in [0.25, 0.3) is 5.91 Å². The summed E-state index contributed by atoms with van der Waals surface area (Å²) in [6.07, 6.45) is 0.398. The van der Waals surface area contributed by atoms with E-state index in [1.165, 1.54) is 0 Å². The van der Waals surface area contributed by atoms with Crippen LogP contribution in [0.25, 0.3) is 0 Å². The van der Waals surface area contributed by atoms with Gasteiger partial charge in [-0.2, -0.15) is 0 Å². The lowest BCUT2D eigenvalue weighted by atomic mass is 10.1. The smallest absolute Gasteiger partial charge is 0.269 e. The molecule has 16 heavy (non-hydrogen) atoms. The Morgan fingerprint density at radius 3 is 2.31 bits per heavy atom. The molecule has 1 rings (SSSR count). The lowest BCUT2D eigenvalue weighted by molar-refractivity contribution is -0.122. The van der Waals surface area contributed by atoms with Crippen LogP contribution < -0.4 is 10.9 Å².